The zero-order chi connectivity index (χ0) is 13.5. The number of hydrogen-bond donors (Lipinski definition) is 1. The Bertz CT molecular complexity index is 514. The Labute approximate surface area is 112 Å². The van der Waals surface area contributed by atoms with Crippen molar-refractivity contribution in [3.05, 3.63) is 42.4 Å². The van der Waals surface area contributed by atoms with Crippen LogP contribution >= 0.6 is 0 Å². The number of ether oxygens (including phenoxy) is 2. The fourth-order valence-corrected chi connectivity index (χ4v) is 1.59. The maximum atomic E-state index is 5.68. The molecule has 100 valence electrons. The molecular weight excluding hydrogens is 242 g/mol. The summed E-state index contributed by atoms with van der Waals surface area (Å²) in [6.07, 6.45) is 3.30. The second-order valence-electron chi connectivity index (χ2n) is 3.86. The second-order valence-corrected chi connectivity index (χ2v) is 3.86. The summed E-state index contributed by atoms with van der Waals surface area (Å²) >= 11 is 0. The molecule has 0 radical (unpaired) electrons. The minimum atomic E-state index is 0.451. The molecule has 0 fully saturated rings. The highest BCUT2D eigenvalue weighted by Gasteiger charge is 2.06. The topological polar surface area (TPSA) is 56.3 Å². The van der Waals surface area contributed by atoms with E-state index in [9.17, 15) is 0 Å². The molecule has 5 heteroatoms. The van der Waals surface area contributed by atoms with Gasteiger partial charge in [0.25, 0.3) is 0 Å². The quantitative estimate of drug-likeness (QED) is 0.863. The van der Waals surface area contributed by atoms with Crippen molar-refractivity contribution in [2.75, 3.05) is 13.7 Å². The van der Waals surface area contributed by atoms with E-state index in [4.69, 9.17) is 9.47 Å². The van der Waals surface area contributed by atoms with Crippen molar-refractivity contribution in [1.29, 1.82) is 0 Å². The fraction of sp³-hybridized carbons (Fsp3) is 0.286. The predicted molar refractivity (Wildman–Crippen MR) is 72.5 cm³/mol. The second kappa shape index (κ2) is 6.70. The first kappa shape index (κ1) is 13.3. The van der Waals surface area contributed by atoms with Crippen molar-refractivity contribution >= 4 is 0 Å². The molecule has 1 aromatic carbocycles. The van der Waals surface area contributed by atoms with E-state index >= 15 is 0 Å². The summed E-state index contributed by atoms with van der Waals surface area (Å²) < 4.78 is 11.2. The van der Waals surface area contributed by atoms with Crippen molar-refractivity contribution in [2.24, 2.45) is 0 Å². The van der Waals surface area contributed by atoms with Crippen molar-refractivity contribution in [3.8, 4) is 17.4 Å². The zero-order valence-corrected chi connectivity index (χ0v) is 11.1. The molecule has 0 spiro atoms. The summed E-state index contributed by atoms with van der Waals surface area (Å²) in [7, 11) is 1.87. The summed E-state index contributed by atoms with van der Waals surface area (Å²) in [4.78, 5) is 8.46. The van der Waals surface area contributed by atoms with Crippen LogP contribution in [0.5, 0.6) is 17.4 Å². The van der Waals surface area contributed by atoms with E-state index in [2.05, 4.69) is 15.3 Å². The Morgan fingerprint density at radius 2 is 1.89 bits per heavy atom. The minimum Gasteiger partial charge on any atom is -0.490 e. The van der Waals surface area contributed by atoms with Gasteiger partial charge < -0.3 is 14.8 Å². The fourth-order valence-electron chi connectivity index (χ4n) is 1.59. The Morgan fingerprint density at radius 1 is 1.11 bits per heavy atom. The number of nitrogens with zero attached hydrogens (tertiary/aromatic N) is 2. The first-order valence-electron chi connectivity index (χ1n) is 6.18. The van der Waals surface area contributed by atoms with Gasteiger partial charge in [-0.05, 0) is 26.1 Å². The number of rotatable bonds is 6. The number of aromatic nitrogens is 2. The van der Waals surface area contributed by atoms with Gasteiger partial charge in [-0.2, -0.15) is 0 Å². The van der Waals surface area contributed by atoms with Gasteiger partial charge in [-0.1, -0.05) is 12.1 Å². The van der Waals surface area contributed by atoms with E-state index in [0.717, 1.165) is 5.69 Å². The van der Waals surface area contributed by atoms with E-state index in [0.29, 0.717) is 30.5 Å². The van der Waals surface area contributed by atoms with E-state index in [1.807, 2.05) is 38.2 Å². The summed E-state index contributed by atoms with van der Waals surface area (Å²) in [5, 5.41) is 3.02. The molecular formula is C14H17N3O2. The smallest absolute Gasteiger partial charge is 0.238 e. The molecule has 5 nitrogen and oxygen atoms in total. The number of nitrogens with one attached hydrogen (secondary N) is 1. The predicted octanol–water partition coefficient (Wildman–Crippen LogP) is 2.39. The molecule has 0 atom stereocenters. The van der Waals surface area contributed by atoms with Gasteiger partial charge in [0.05, 0.1) is 24.7 Å². The highest BCUT2D eigenvalue weighted by molar-refractivity contribution is 5.41. The van der Waals surface area contributed by atoms with Gasteiger partial charge in [-0.25, -0.2) is 4.98 Å². The third-order valence-corrected chi connectivity index (χ3v) is 2.40. The van der Waals surface area contributed by atoms with Crippen molar-refractivity contribution < 1.29 is 9.47 Å². The van der Waals surface area contributed by atoms with Crippen LogP contribution in [-0.4, -0.2) is 23.6 Å². The molecule has 0 aliphatic carbocycles. The Hall–Kier alpha value is -2.14. The van der Waals surface area contributed by atoms with Gasteiger partial charge in [-0.3, -0.25) is 4.98 Å². The van der Waals surface area contributed by atoms with Crippen LogP contribution in [0.2, 0.25) is 0 Å². The lowest BCUT2D eigenvalue weighted by molar-refractivity contribution is 0.319. The molecule has 0 saturated heterocycles. The average Bonchev–Trinajstić information content (AvgIpc) is 2.44. The van der Waals surface area contributed by atoms with E-state index in [-0.39, 0.29) is 0 Å². The van der Waals surface area contributed by atoms with E-state index in [1.165, 1.54) is 0 Å². The number of para-hydroxylation sites is 2. The third kappa shape index (κ3) is 3.66. The zero-order valence-electron chi connectivity index (χ0n) is 11.1. The summed E-state index contributed by atoms with van der Waals surface area (Å²) in [5.41, 5.74) is 0.868. The first-order valence-corrected chi connectivity index (χ1v) is 6.18. The van der Waals surface area contributed by atoms with Crippen LogP contribution in [0.25, 0.3) is 0 Å². The Balaban J connectivity index is 2.12. The van der Waals surface area contributed by atoms with Gasteiger partial charge in [0.2, 0.25) is 5.88 Å². The molecule has 2 aromatic rings. The lowest BCUT2D eigenvalue weighted by Crippen LogP contribution is -2.07. The summed E-state index contributed by atoms with van der Waals surface area (Å²) in [6, 6.07) is 7.50. The van der Waals surface area contributed by atoms with Gasteiger partial charge in [0.15, 0.2) is 11.5 Å². The minimum absolute atomic E-state index is 0.451. The molecule has 0 bridgehead atoms. The van der Waals surface area contributed by atoms with Crippen LogP contribution in [0.1, 0.15) is 12.6 Å². The number of hydrogen-bond acceptors (Lipinski definition) is 5. The average molecular weight is 259 g/mol. The molecule has 0 unspecified atom stereocenters. The molecule has 1 aromatic heterocycles. The summed E-state index contributed by atoms with van der Waals surface area (Å²) in [5.74, 6) is 1.79. The highest BCUT2D eigenvalue weighted by Crippen LogP contribution is 2.29. The van der Waals surface area contributed by atoms with Crippen molar-refractivity contribution in [2.45, 2.75) is 13.5 Å². The van der Waals surface area contributed by atoms with Gasteiger partial charge in [0, 0.05) is 6.54 Å². The normalized spacial score (nSPS) is 10.2. The van der Waals surface area contributed by atoms with Gasteiger partial charge >= 0.3 is 0 Å². The van der Waals surface area contributed by atoms with Crippen LogP contribution in [0, 0.1) is 0 Å². The van der Waals surface area contributed by atoms with Gasteiger partial charge in [-0.15, -0.1) is 0 Å². The molecule has 2 rings (SSSR count). The van der Waals surface area contributed by atoms with E-state index in [1.54, 1.807) is 12.4 Å². The molecule has 0 amide bonds. The van der Waals surface area contributed by atoms with Crippen LogP contribution in [-0.2, 0) is 6.54 Å². The third-order valence-electron chi connectivity index (χ3n) is 2.40. The monoisotopic (exact) mass is 259 g/mol. The standard InChI is InChI=1S/C14H17N3O2/c1-3-18-12-6-4-5-7-13(12)19-14-10-16-11(8-15-2)9-17-14/h4-7,9-10,15H,3,8H2,1-2H3. The van der Waals surface area contributed by atoms with E-state index < -0.39 is 0 Å². The van der Waals surface area contributed by atoms with Crippen LogP contribution in [0.4, 0.5) is 0 Å². The van der Waals surface area contributed by atoms with Crippen molar-refractivity contribution in [3.63, 3.8) is 0 Å². The molecule has 1 N–H and O–H groups in total. The first-order chi connectivity index (χ1) is 9.33. The molecule has 0 aliphatic heterocycles. The van der Waals surface area contributed by atoms with Crippen molar-refractivity contribution in [1.82, 2.24) is 15.3 Å². The number of benzene rings is 1. The van der Waals surface area contributed by atoms with Crippen LogP contribution in [0.3, 0.4) is 0 Å². The lowest BCUT2D eigenvalue weighted by atomic mass is 10.3. The largest absolute Gasteiger partial charge is 0.490 e. The maximum Gasteiger partial charge on any atom is 0.238 e. The van der Waals surface area contributed by atoms with Crippen LogP contribution < -0.4 is 14.8 Å². The Morgan fingerprint density at radius 3 is 2.53 bits per heavy atom. The highest BCUT2D eigenvalue weighted by atomic mass is 16.5. The van der Waals surface area contributed by atoms with Gasteiger partial charge in [0.1, 0.15) is 0 Å². The Kier molecular flexibility index (Phi) is 4.69. The molecule has 19 heavy (non-hydrogen) atoms. The SMILES string of the molecule is CCOc1ccccc1Oc1cnc(CNC)cn1. The van der Waals surface area contributed by atoms with Crippen LogP contribution in [0.15, 0.2) is 36.7 Å². The lowest BCUT2D eigenvalue weighted by Gasteiger charge is -2.10. The molecule has 1 heterocycles. The summed E-state index contributed by atoms with van der Waals surface area (Å²) in [6.45, 7) is 3.21. The maximum absolute atomic E-state index is 5.68. The molecule has 0 aliphatic rings. The molecule has 0 saturated carbocycles.